The van der Waals surface area contributed by atoms with E-state index in [1.165, 1.54) is 12.0 Å². The van der Waals surface area contributed by atoms with Crippen LogP contribution in [0.25, 0.3) is 16.9 Å². The van der Waals surface area contributed by atoms with Crippen molar-refractivity contribution in [2.45, 2.75) is 26.7 Å². The number of aryl methyl sites for hydroxylation is 1. The quantitative estimate of drug-likeness (QED) is 0.694. The molecule has 0 spiro atoms. The zero-order valence-corrected chi connectivity index (χ0v) is 12.5. The Hall–Kier alpha value is -2.29. The van der Waals surface area contributed by atoms with Gasteiger partial charge in [0.25, 0.3) is 0 Å². The fourth-order valence-corrected chi connectivity index (χ4v) is 2.53. The lowest BCUT2D eigenvalue weighted by molar-refractivity contribution is 0.342. The maximum absolute atomic E-state index is 5.64. The third kappa shape index (κ3) is 2.77. The Bertz CT molecular complexity index is 729. The molecule has 2 heterocycles. The van der Waals surface area contributed by atoms with Crippen molar-refractivity contribution < 1.29 is 4.74 Å². The third-order valence-electron chi connectivity index (χ3n) is 3.54. The molecule has 1 aromatic carbocycles. The van der Waals surface area contributed by atoms with Crippen molar-refractivity contribution >= 4 is 5.65 Å². The summed E-state index contributed by atoms with van der Waals surface area (Å²) in [6.07, 6.45) is 6.35. The summed E-state index contributed by atoms with van der Waals surface area (Å²) in [5.41, 5.74) is 4.36. The monoisotopic (exact) mass is 280 g/mol. The standard InChI is InChI=1S/C18H20N2O/c1-3-6-14-8-10-15(11-9-14)16-13-20-12-5-7-17(21-4-2)18(20)19-16/h5,7-13H,3-4,6H2,1-2H3. The zero-order valence-electron chi connectivity index (χ0n) is 12.5. The van der Waals surface area contributed by atoms with E-state index in [0.29, 0.717) is 6.61 Å². The first-order valence-electron chi connectivity index (χ1n) is 7.51. The second-order valence-corrected chi connectivity index (χ2v) is 5.11. The predicted molar refractivity (Wildman–Crippen MR) is 85.8 cm³/mol. The van der Waals surface area contributed by atoms with Gasteiger partial charge in [-0.25, -0.2) is 4.98 Å². The van der Waals surface area contributed by atoms with Gasteiger partial charge in [0.15, 0.2) is 11.4 Å². The molecule has 21 heavy (non-hydrogen) atoms. The molecule has 0 aliphatic rings. The number of fused-ring (bicyclic) bond motifs is 1. The number of hydrogen-bond donors (Lipinski definition) is 0. The Kier molecular flexibility index (Phi) is 3.91. The molecule has 0 aliphatic carbocycles. The minimum atomic E-state index is 0.646. The number of ether oxygens (including phenoxy) is 1. The highest BCUT2D eigenvalue weighted by atomic mass is 16.5. The number of rotatable bonds is 5. The molecule has 0 saturated carbocycles. The summed E-state index contributed by atoms with van der Waals surface area (Å²) >= 11 is 0. The highest BCUT2D eigenvalue weighted by Crippen LogP contribution is 2.24. The molecule has 0 aliphatic heterocycles. The summed E-state index contributed by atoms with van der Waals surface area (Å²) in [5, 5.41) is 0. The Morgan fingerprint density at radius 3 is 2.62 bits per heavy atom. The average Bonchev–Trinajstić information content (AvgIpc) is 2.94. The number of hydrogen-bond acceptors (Lipinski definition) is 2. The zero-order chi connectivity index (χ0) is 14.7. The molecule has 0 fully saturated rings. The Balaban J connectivity index is 1.98. The van der Waals surface area contributed by atoms with Crippen molar-refractivity contribution in [2.24, 2.45) is 0 Å². The van der Waals surface area contributed by atoms with Crippen LogP contribution in [0, 0.1) is 0 Å². The van der Waals surface area contributed by atoms with Gasteiger partial charge in [-0.3, -0.25) is 0 Å². The molecule has 3 aromatic rings. The Labute approximate surface area is 125 Å². The molecule has 108 valence electrons. The number of nitrogens with zero attached hydrogens (tertiary/aromatic N) is 2. The highest BCUT2D eigenvalue weighted by Gasteiger charge is 2.08. The molecule has 3 rings (SSSR count). The van der Waals surface area contributed by atoms with Crippen molar-refractivity contribution in [1.29, 1.82) is 0 Å². The Morgan fingerprint density at radius 2 is 1.90 bits per heavy atom. The lowest BCUT2D eigenvalue weighted by Gasteiger charge is -2.03. The maximum atomic E-state index is 5.64. The van der Waals surface area contributed by atoms with Crippen LogP contribution < -0.4 is 4.74 Å². The molecule has 0 radical (unpaired) electrons. The molecule has 3 nitrogen and oxygen atoms in total. The molecule has 0 saturated heterocycles. The van der Waals surface area contributed by atoms with Crippen LogP contribution in [0.3, 0.4) is 0 Å². The van der Waals surface area contributed by atoms with E-state index in [2.05, 4.69) is 31.2 Å². The van der Waals surface area contributed by atoms with Crippen LogP contribution in [0.2, 0.25) is 0 Å². The van der Waals surface area contributed by atoms with Crippen molar-refractivity contribution in [1.82, 2.24) is 9.38 Å². The second kappa shape index (κ2) is 6.00. The molecule has 0 unspecified atom stereocenters. The minimum absolute atomic E-state index is 0.646. The molecular weight excluding hydrogens is 260 g/mol. The minimum Gasteiger partial charge on any atom is -0.490 e. The normalized spacial score (nSPS) is 11.0. The van der Waals surface area contributed by atoms with Gasteiger partial charge in [0.2, 0.25) is 0 Å². The topological polar surface area (TPSA) is 26.5 Å². The predicted octanol–water partition coefficient (Wildman–Crippen LogP) is 4.35. The summed E-state index contributed by atoms with van der Waals surface area (Å²) in [6, 6.07) is 12.6. The summed E-state index contributed by atoms with van der Waals surface area (Å²) < 4.78 is 7.65. The van der Waals surface area contributed by atoms with Crippen molar-refractivity contribution in [3.8, 4) is 17.0 Å². The molecular formula is C18H20N2O. The van der Waals surface area contributed by atoms with E-state index in [-0.39, 0.29) is 0 Å². The van der Waals surface area contributed by atoms with Crippen LogP contribution in [-0.4, -0.2) is 16.0 Å². The number of aromatic nitrogens is 2. The van der Waals surface area contributed by atoms with Gasteiger partial charge in [-0.2, -0.15) is 0 Å². The van der Waals surface area contributed by atoms with E-state index in [0.717, 1.165) is 29.1 Å². The molecule has 0 bridgehead atoms. The van der Waals surface area contributed by atoms with Crippen LogP contribution in [0.5, 0.6) is 5.75 Å². The third-order valence-corrected chi connectivity index (χ3v) is 3.54. The highest BCUT2D eigenvalue weighted by molar-refractivity contribution is 5.66. The molecule has 0 atom stereocenters. The lowest BCUT2D eigenvalue weighted by Crippen LogP contribution is -1.94. The molecule has 0 N–H and O–H groups in total. The van der Waals surface area contributed by atoms with Crippen molar-refractivity contribution in [3.63, 3.8) is 0 Å². The van der Waals surface area contributed by atoms with Gasteiger partial charge >= 0.3 is 0 Å². The van der Waals surface area contributed by atoms with Gasteiger partial charge in [-0.15, -0.1) is 0 Å². The summed E-state index contributed by atoms with van der Waals surface area (Å²) in [7, 11) is 0. The Morgan fingerprint density at radius 1 is 1.10 bits per heavy atom. The average molecular weight is 280 g/mol. The second-order valence-electron chi connectivity index (χ2n) is 5.11. The summed E-state index contributed by atoms with van der Waals surface area (Å²) in [5.74, 6) is 0.828. The van der Waals surface area contributed by atoms with Crippen LogP contribution in [0.1, 0.15) is 25.8 Å². The molecule has 0 amide bonds. The number of pyridine rings is 1. The fraction of sp³-hybridized carbons (Fsp3) is 0.278. The van der Waals surface area contributed by atoms with E-state index < -0.39 is 0 Å². The van der Waals surface area contributed by atoms with Gasteiger partial charge < -0.3 is 9.14 Å². The number of imidazole rings is 1. The fourth-order valence-electron chi connectivity index (χ4n) is 2.53. The van der Waals surface area contributed by atoms with Crippen LogP contribution >= 0.6 is 0 Å². The maximum Gasteiger partial charge on any atom is 0.180 e. The van der Waals surface area contributed by atoms with Gasteiger partial charge in [-0.05, 0) is 31.0 Å². The summed E-state index contributed by atoms with van der Waals surface area (Å²) in [4.78, 5) is 4.72. The first-order chi connectivity index (χ1) is 10.3. The summed E-state index contributed by atoms with van der Waals surface area (Å²) in [6.45, 7) is 4.83. The van der Waals surface area contributed by atoms with E-state index in [1.54, 1.807) is 0 Å². The first-order valence-corrected chi connectivity index (χ1v) is 7.51. The van der Waals surface area contributed by atoms with Gasteiger partial charge in [0.05, 0.1) is 12.3 Å². The van der Waals surface area contributed by atoms with Crippen molar-refractivity contribution in [2.75, 3.05) is 6.61 Å². The van der Waals surface area contributed by atoms with E-state index in [1.807, 2.05) is 35.9 Å². The largest absolute Gasteiger partial charge is 0.490 e. The van der Waals surface area contributed by atoms with Crippen LogP contribution in [-0.2, 0) is 6.42 Å². The van der Waals surface area contributed by atoms with Crippen molar-refractivity contribution in [3.05, 3.63) is 54.4 Å². The SMILES string of the molecule is CCCc1ccc(-c2cn3cccc(OCC)c3n2)cc1. The van der Waals surface area contributed by atoms with Gasteiger partial charge in [0, 0.05) is 18.0 Å². The molecule has 2 aromatic heterocycles. The van der Waals surface area contributed by atoms with E-state index >= 15 is 0 Å². The van der Waals surface area contributed by atoms with Crippen LogP contribution in [0.4, 0.5) is 0 Å². The number of benzene rings is 1. The first kappa shape index (κ1) is 13.7. The molecule has 3 heteroatoms. The smallest absolute Gasteiger partial charge is 0.180 e. The van der Waals surface area contributed by atoms with Gasteiger partial charge in [-0.1, -0.05) is 37.6 Å². The lowest BCUT2D eigenvalue weighted by atomic mass is 10.1. The van der Waals surface area contributed by atoms with E-state index in [4.69, 9.17) is 9.72 Å². The van der Waals surface area contributed by atoms with E-state index in [9.17, 15) is 0 Å². The van der Waals surface area contributed by atoms with Gasteiger partial charge in [0.1, 0.15) is 0 Å². The van der Waals surface area contributed by atoms with Crippen LogP contribution in [0.15, 0.2) is 48.8 Å².